The Balaban J connectivity index is 2.25. The Morgan fingerprint density at radius 3 is 2.41 bits per heavy atom. The Hall–Kier alpha value is -3.33. The first-order valence-corrected chi connectivity index (χ1v) is 11.2. The molecule has 0 radical (unpaired) electrons. The van der Waals surface area contributed by atoms with Crippen molar-refractivity contribution in [2.24, 2.45) is 0 Å². The van der Waals surface area contributed by atoms with Gasteiger partial charge in [-0.3, -0.25) is 14.4 Å². The molecular weight excluding hydrogens is 439 g/mol. The fourth-order valence-corrected chi connectivity index (χ4v) is 3.20. The molecule has 9 heteroatoms. The molecule has 0 spiro atoms. The van der Waals surface area contributed by atoms with Gasteiger partial charge in [-0.15, -0.1) is 0 Å². The van der Waals surface area contributed by atoms with Crippen LogP contribution in [-0.4, -0.2) is 53.4 Å². The molecule has 0 saturated carbocycles. The summed E-state index contributed by atoms with van der Waals surface area (Å²) in [7, 11) is 1.50. The summed E-state index contributed by atoms with van der Waals surface area (Å²) in [5.41, 5.74) is -0.0401. The number of methoxy groups -OCH3 is 1. The van der Waals surface area contributed by atoms with Gasteiger partial charge in [0.25, 0.3) is 0 Å². The van der Waals surface area contributed by atoms with Crippen molar-refractivity contribution in [1.29, 1.82) is 0 Å². The second-order valence-corrected chi connectivity index (χ2v) is 8.52. The van der Waals surface area contributed by atoms with E-state index in [1.165, 1.54) is 36.3 Å². The molecule has 2 rings (SSSR count). The zero-order valence-electron chi connectivity index (χ0n) is 20.1. The summed E-state index contributed by atoms with van der Waals surface area (Å²) >= 11 is 0. The summed E-state index contributed by atoms with van der Waals surface area (Å²) in [6.45, 7) is 6.03. The van der Waals surface area contributed by atoms with Crippen LogP contribution in [0.5, 0.6) is 0 Å². The molecular formula is C25H33FN4O4. The predicted molar refractivity (Wildman–Crippen MR) is 127 cm³/mol. The number of ether oxygens (including phenoxy) is 1. The van der Waals surface area contributed by atoms with E-state index in [1.54, 1.807) is 24.4 Å². The van der Waals surface area contributed by atoms with Crippen LogP contribution >= 0.6 is 0 Å². The average molecular weight is 473 g/mol. The van der Waals surface area contributed by atoms with Crippen molar-refractivity contribution in [3.05, 3.63) is 60.0 Å². The van der Waals surface area contributed by atoms with E-state index in [-0.39, 0.29) is 37.8 Å². The number of halogens is 1. The minimum absolute atomic E-state index is 0.0862. The topological polar surface area (TPSA) is 101 Å². The quantitative estimate of drug-likeness (QED) is 0.493. The van der Waals surface area contributed by atoms with Gasteiger partial charge >= 0.3 is 0 Å². The van der Waals surface area contributed by atoms with Gasteiger partial charge in [-0.25, -0.2) is 9.37 Å². The van der Waals surface area contributed by atoms with Gasteiger partial charge in [-0.2, -0.15) is 0 Å². The number of carbonyl (C=O) groups excluding carboxylic acids is 3. The number of hydrogen-bond acceptors (Lipinski definition) is 5. The SMILES string of the molecule is CCC(C)(C)NC(=O)[C@H](c1ccc(F)cc1)N(CCOC)C(=O)CCC(=O)Nc1ccccn1. The van der Waals surface area contributed by atoms with Crippen molar-refractivity contribution in [1.82, 2.24) is 15.2 Å². The van der Waals surface area contributed by atoms with Crippen LogP contribution in [0.4, 0.5) is 10.2 Å². The van der Waals surface area contributed by atoms with Gasteiger partial charge in [-0.1, -0.05) is 25.1 Å². The lowest BCUT2D eigenvalue weighted by molar-refractivity contribution is -0.142. The smallest absolute Gasteiger partial charge is 0.247 e. The number of benzene rings is 1. The molecule has 0 aliphatic rings. The van der Waals surface area contributed by atoms with Gasteiger partial charge in [0.1, 0.15) is 17.7 Å². The molecule has 0 aliphatic heterocycles. The lowest BCUT2D eigenvalue weighted by Gasteiger charge is -2.34. The fraction of sp³-hybridized carbons (Fsp3) is 0.440. The number of amides is 3. The zero-order chi connectivity index (χ0) is 25.1. The van der Waals surface area contributed by atoms with E-state index in [4.69, 9.17) is 4.74 Å². The molecule has 0 fully saturated rings. The second kappa shape index (κ2) is 12.8. The third-order valence-electron chi connectivity index (χ3n) is 5.45. The van der Waals surface area contributed by atoms with Crippen molar-refractivity contribution in [3.8, 4) is 0 Å². The Bertz CT molecular complexity index is 951. The van der Waals surface area contributed by atoms with Gasteiger partial charge in [0.2, 0.25) is 17.7 Å². The van der Waals surface area contributed by atoms with E-state index in [0.29, 0.717) is 17.8 Å². The van der Waals surface area contributed by atoms with Crippen LogP contribution < -0.4 is 10.6 Å². The van der Waals surface area contributed by atoms with Gasteiger partial charge in [-0.05, 0) is 50.1 Å². The Kier molecular flexibility index (Phi) is 10.1. The average Bonchev–Trinajstić information content (AvgIpc) is 2.81. The van der Waals surface area contributed by atoms with Crippen LogP contribution in [0.1, 0.15) is 51.6 Å². The van der Waals surface area contributed by atoms with Crippen LogP contribution in [0.15, 0.2) is 48.7 Å². The van der Waals surface area contributed by atoms with Crippen molar-refractivity contribution in [2.45, 2.75) is 51.6 Å². The van der Waals surface area contributed by atoms with Crippen LogP contribution in [0.25, 0.3) is 0 Å². The van der Waals surface area contributed by atoms with Crippen LogP contribution in [-0.2, 0) is 19.1 Å². The lowest BCUT2D eigenvalue weighted by Crippen LogP contribution is -2.51. The normalized spacial score (nSPS) is 12.0. The van der Waals surface area contributed by atoms with E-state index < -0.39 is 23.3 Å². The maximum Gasteiger partial charge on any atom is 0.247 e. The number of rotatable bonds is 12. The number of carbonyl (C=O) groups is 3. The maximum absolute atomic E-state index is 13.6. The molecule has 0 aliphatic carbocycles. The first-order chi connectivity index (χ1) is 16.2. The van der Waals surface area contributed by atoms with Gasteiger partial charge in [0.15, 0.2) is 0 Å². The Morgan fingerprint density at radius 2 is 1.82 bits per heavy atom. The highest BCUT2D eigenvalue weighted by molar-refractivity contribution is 5.94. The zero-order valence-corrected chi connectivity index (χ0v) is 20.1. The minimum atomic E-state index is -1.01. The van der Waals surface area contributed by atoms with Crippen LogP contribution in [0.3, 0.4) is 0 Å². The number of nitrogens with one attached hydrogen (secondary N) is 2. The molecule has 34 heavy (non-hydrogen) atoms. The molecule has 2 N–H and O–H groups in total. The standard InChI is InChI=1S/C25H33FN4O4/c1-5-25(2,3)29-24(33)23(18-9-11-19(26)12-10-18)30(16-17-34-4)22(32)14-13-21(31)28-20-8-6-7-15-27-20/h6-12,15,23H,5,13-14,16-17H2,1-4H3,(H,29,33)(H,27,28,31)/t23-/m0/s1. The number of aromatic nitrogens is 1. The third-order valence-corrected chi connectivity index (χ3v) is 5.45. The highest BCUT2D eigenvalue weighted by Crippen LogP contribution is 2.24. The van der Waals surface area contributed by atoms with E-state index in [9.17, 15) is 18.8 Å². The first kappa shape index (κ1) is 26.9. The summed E-state index contributed by atoms with van der Waals surface area (Å²) in [6.07, 6.45) is 2.02. The number of nitrogens with zero attached hydrogens (tertiary/aromatic N) is 2. The summed E-state index contributed by atoms with van der Waals surface area (Å²) in [6, 6.07) is 9.58. The Labute approximate surface area is 199 Å². The molecule has 184 valence electrons. The van der Waals surface area contributed by atoms with Gasteiger partial charge < -0.3 is 20.3 Å². The monoisotopic (exact) mass is 472 g/mol. The summed E-state index contributed by atoms with van der Waals surface area (Å²) in [4.78, 5) is 44.4. The molecule has 1 aromatic carbocycles. The highest BCUT2D eigenvalue weighted by Gasteiger charge is 2.33. The summed E-state index contributed by atoms with van der Waals surface area (Å²) in [5.74, 6) is -1.21. The Morgan fingerprint density at radius 1 is 1.12 bits per heavy atom. The van der Waals surface area contributed by atoms with Crippen LogP contribution in [0.2, 0.25) is 0 Å². The van der Waals surface area contributed by atoms with Crippen molar-refractivity contribution in [3.63, 3.8) is 0 Å². The molecule has 2 aromatic rings. The minimum Gasteiger partial charge on any atom is -0.383 e. The molecule has 1 atom stereocenters. The van der Waals surface area contributed by atoms with Crippen molar-refractivity contribution < 1.29 is 23.5 Å². The summed E-state index contributed by atoms with van der Waals surface area (Å²) in [5, 5.41) is 5.62. The second-order valence-electron chi connectivity index (χ2n) is 8.52. The predicted octanol–water partition coefficient (Wildman–Crippen LogP) is 3.46. The number of anilines is 1. The molecule has 1 aromatic heterocycles. The van der Waals surface area contributed by atoms with Gasteiger partial charge in [0, 0.05) is 38.2 Å². The molecule has 0 bridgehead atoms. The van der Waals surface area contributed by atoms with Gasteiger partial charge in [0.05, 0.1) is 6.61 Å². The largest absolute Gasteiger partial charge is 0.383 e. The number of hydrogen-bond donors (Lipinski definition) is 2. The van der Waals surface area contributed by atoms with E-state index in [0.717, 1.165) is 0 Å². The van der Waals surface area contributed by atoms with Crippen LogP contribution in [0, 0.1) is 5.82 Å². The molecule has 0 unspecified atom stereocenters. The molecule has 3 amide bonds. The first-order valence-electron chi connectivity index (χ1n) is 11.2. The molecule has 1 heterocycles. The molecule has 8 nitrogen and oxygen atoms in total. The summed E-state index contributed by atoms with van der Waals surface area (Å²) < 4.78 is 18.7. The lowest BCUT2D eigenvalue weighted by atomic mass is 9.98. The highest BCUT2D eigenvalue weighted by atomic mass is 19.1. The number of pyridine rings is 1. The molecule has 0 saturated heterocycles. The van der Waals surface area contributed by atoms with E-state index >= 15 is 0 Å². The van der Waals surface area contributed by atoms with E-state index in [2.05, 4.69) is 15.6 Å². The fourth-order valence-electron chi connectivity index (χ4n) is 3.20. The van der Waals surface area contributed by atoms with Crippen molar-refractivity contribution in [2.75, 3.05) is 25.6 Å². The maximum atomic E-state index is 13.6. The van der Waals surface area contributed by atoms with Crippen molar-refractivity contribution >= 4 is 23.5 Å². The third kappa shape index (κ3) is 8.22. The van der Waals surface area contributed by atoms with E-state index in [1.807, 2.05) is 20.8 Å².